The van der Waals surface area contributed by atoms with Crippen molar-refractivity contribution in [3.05, 3.63) is 173 Å². The number of hydrogen-bond donors (Lipinski definition) is 2. The molecule has 18 heteroatoms. The van der Waals surface area contributed by atoms with Crippen LogP contribution >= 0.6 is 11.6 Å². The summed E-state index contributed by atoms with van der Waals surface area (Å²) in [7, 11) is 0. The zero-order valence-electron chi connectivity index (χ0n) is 35.7. The lowest BCUT2D eigenvalue weighted by atomic mass is 9.89. The lowest BCUT2D eigenvalue weighted by molar-refractivity contribution is -0.274. The van der Waals surface area contributed by atoms with E-state index in [2.05, 4.69) is 52.3 Å². The number of pyridine rings is 2. The molecule has 1 aliphatic heterocycles. The molecule has 344 valence electrons. The molecule has 0 aliphatic carbocycles. The topological polar surface area (TPSA) is 119 Å². The standard InChI is InChI=1S/C29H28ClF3N4O2.C20H13F3N4O/c1-2-25-27(37-18-22(30)7-12-26(37)35-25)28(38)34-17-19-3-8-23(9-4-19)36-15-13-21(14-16-36)20-5-10-24(11-6-20)39-29(31,32)33;21-20(22,23)13-3-7-15(8-4-13)28-16-9-5-14(6-10-16)27-19-18-17(25-12-26-19)2-1-11-24-18/h3-12,18,21H,2,13-17H2,1H3,(H,34,38);1-12H,(H,25,26,27). The van der Waals surface area contributed by atoms with Crippen LogP contribution in [0, 0.1) is 0 Å². The van der Waals surface area contributed by atoms with Gasteiger partial charge in [-0.05, 0) is 133 Å². The first-order valence-corrected chi connectivity index (χ1v) is 21.5. The lowest BCUT2D eigenvalue weighted by Gasteiger charge is -2.34. The molecule has 1 saturated heterocycles. The van der Waals surface area contributed by atoms with E-state index < -0.39 is 18.1 Å². The van der Waals surface area contributed by atoms with Gasteiger partial charge in [-0.15, -0.1) is 13.2 Å². The van der Waals surface area contributed by atoms with Gasteiger partial charge in [0, 0.05) is 43.4 Å². The van der Waals surface area contributed by atoms with E-state index in [0.29, 0.717) is 52.2 Å². The Morgan fingerprint density at radius 3 is 2.12 bits per heavy atom. The Balaban J connectivity index is 0.000000192. The minimum Gasteiger partial charge on any atom is -0.457 e. The first-order valence-electron chi connectivity index (χ1n) is 21.1. The van der Waals surface area contributed by atoms with Gasteiger partial charge in [0.15, 0.2) is 5.82 Å². The number of fused-ring (bicyclic) bond motifs is 2. The minimum absolute atomic E-state index is 0.200. The average molecular weight is 939 g/mol. The number of nitrogens with zero attached hydrogens (tertiary/aromatic N) is 6. The van der Waals surface area contributed by atoms with Crippen LogP contribution in [0.25, 0.3) is 16.7 Å². The van der Waals surface area contributed by atoms with Crippen LogP contribution in [0.4, 0.5) is 43.5 Å². The van der Waals surface area contributed by atoms with Crippen molar-refractivity contribution in [3.63, 3.8) is 0 Å². The van der Waals surface area contributed by atoms with Gasteiger partial charge in [-0.3, -0.25) is 14.2 Å². The zero-order chi connectivity index (χ0) is 47.1. The molecule has 2 N–H and O–H groups in total. The molecule has 0 atom stereocenters. The van der Waals surface area contributed by atoms with Crippen LogP contribution in [-0.4, -0.2) is 49.7 Å². The Morgan fingerprint density at radius 1 is 0.791 bits per heavy atom. The Morgan fingerprint density at radius 2 is 1.46 bits per heavy atom. The van der Waals surface area contributed by atoms with Gasteiger partial charge in [-0.2, -0.15) is 13.2 Å². The molecule has 1 fully saturated rings. The molecule has 0 spiro atoms. The van der Waals surface area contributed by atoms with Gasteiger partial charge in [-0.1, -0.05) is 42.8 Å². The summed E-state index contributed by atoms with van der Waals surface area (Å²) in [5.41, 5.74) is 6.41. The Bertz CT molecular complexity index is 2940. The first-order chi connectivity index (χ1) is 32.2. The van der Waals surface area contributed by atoms with Gasteiger partial charge in [-0.25, -0.2) is 15.0 Å². The van der Waals surface area contributed by atoms with Crippen molar-refractivity contribution in [2.45, 2.75) is 51.2 Å². The zero-order valence-corrected chi connectivity index (χ0v) is 36.4. The second-order valence-electron chi connectivity index (χ2n) is 15.4. The molecule has 1 aliphatic rings. The van der Waals surface area contributed by atoms with Gasteiger partial charge < -0.3 is 25.0 Å². The summed E-state index contributed by atoms with van der Waals surface area (Å²) in [6.07, 6.45) is -1.80. The minimum atomic E-state index is -4.68. The van der Waals surface area contributed by atoms with Gasteiger partial charge in [0.25, 0.3) is 5.91 Å². The third-order valence-electron chi connectivity index (χ3n) is 11.0. The van der Waals surface area contributed by atoms with Crippen LogP contribution in [0.15, 0.2) is 140 Å². The van der Waals surface area contributed by atoms with Gasteiger partial charge >= 0.3 is 12.5 Å². The molecule has 67 heavy (non-hydrogen) atoms. The number of piperidine rings is 1. The largest absolute Gasteiger partial charge is 0.573 e. The predicted octanol–water partition coefficient (Wildman–Crippen LogP) is 12.3. The third-order valence-corrected chi connectivity index (χ3v) is 11.2. The molecule has 0 unspecified atom stereocenters. The van der Waals surface area contributed by atoms with Crippen LogP contribution in [0.1, 0.15) is 58.6 Å². The normalized spacial score (nSPS) is 13.2. The summed E-state index contributed by atoms with van der Waals surface area (Å²) in [6.45, 7) is 4.04. The van der Waals surface area contributed by atoms with Crippen molar-refractivity contribution < 1.29 is 40.6 Å². The number of carbonyl (C=O) groups excluding carboxylic acids is 1. The number of nitrogens with one attached hydrogen (secondary N) is 2. The number of ether oxygens (including phenoxy) is 2. The fraction of sp³-hybridized carbons (Fsp3) is 0.204. The first kappa shape index (κ1) is 46.1. The maximum atomic E-state index is 13.0. The monoisotopic (exact) mass is 938 g/mol. The number of halogens is 7. The molecule has 4 aromatic heterocycles. The Hall–Kier alpha value is -7.40. The molecule has 0 radical (unpaired) electrons. The van der Waals surface area contributed by atoms with Crippen LogP contribution < -0.4 is 25.0 Å². The highest BCUT2D eigenvalue weighted by molar-refractivity contribution is 6.30. The number of aryl methyl sites for hydroxylation is 1. The molecule has 1 amide bonds. The summed E-state index contributed by atoms with van der Waals surface area (Å²) in [6, 6.07) is 33.0. The maximum Gasteiger partial charge on any atom is 0.573 e. The number of anilines is 3. The van der Waals surface area contributed by atoms with Crippen molar-refractivity contribution in [1.29, 1.82) is 0 Å². The molecule has 0 saturated carbocycles. The molecular formula is C49H41ClF6N8O3. The SMILES string of the molecule is CCc1nc2ccc(Cl)cn2c1C(=O)NCc1ccc(N2CCC(c3ccc(OC(F)(F)F)cc3)CC2)cc1.FC(F)(F)c1ccc(Oc2ccc(Nc3ncnc4cccnc34)cc2)cc1. The van der Waals surface area contributed by atoms with Crippen LogP contribution in [0.3, 0.4) is 0 Å². The average Bonchev–Trinajstić information content (AvgIpc) is 3.69. The van der Waals surface area contributed by atoms with E-state index in [1.54, 1.807) is 71.4 Å². The van der Waals surface area contributed by atoms with E-state index in [4.69, 9.17) is 16.3 Å². The molecular weight excluding hydrogens is 898 g/mol. The number of imidazole rings is 1. The van der Waals surface area contributed by atoms with E-state index in [1.807, 2.05) is 25.1 Å². The fourth-order valence-electron chi connectivity index (χ4n) is 7.63. The van der Waals surface area contributed by atoms with Gasteiger partial charge in [0.2, 0.25) is 0 Å². The molecule has 5 heterocycles. The quantitative estimate of drug-likeness (QED) is 0.122. The maximum absolute atomic E-state index is 13.0. The number of rotatable bonds is 11. The molecule has 4 aromatic carbocycles. The second kappa shape index (κ2) is 20.0. The summed E-state index contributed by atoms with van der Waals surface area (Å²) >= 11 is 6.14. The predicted molar refractivity (Wildman–Crippen MR) is 243 cm³/mol. The number of hydrogen-bond acceptors (Lipinski definition) is 9. The van der Waals surface area contributed by atoms with Crippen molar-refractivity contribution in [1.82, 2.24) is 29.7 Å². The van der Waals surface area contributed by atoms with Gasteiger partial charge in [0.05, 0.1) is 21.8 Å². The van der Waals surface area contributed by atoms with Crippen LogP contribution in [0.5, 0.6) is 17.2 Å². The smallest absolute Gasteiger partial charge is 0.457 e. The number of amides is 1. The van der Waals surface area contributed by atoms with Crippen molar-refractivity contribution >= 4 is 51.4 Å². The summed E-state index contributed by atoms with van der Waals surface area (Å²) in [5.74, 6) is 1.27. The number of carbonyl (C=O) groups is 1. The van der Waals surface area contributed by atoms with Crippen molar-refractivity contribution in [2.75, 3.05) is 23.3 Å². The Kier molecular flexibility index (Phi) is 13.8. The van der Waals surface area contributed by atoms with E-state index in [0.717, 1.165) is 71.8 Å². The van der Waals surface area contributed by atoms with Crippen LogP contribution in [0.2, 0.25) is 5.02 Å². The van der Waals surface area contributed by atoms with E-state index in [9.17, 15) is 31.1 Å². The van der Waals surface area contributed by atoms with Crippen molar-refractivity contribution in [3.8, 4) is 17.2 Å². The molecule has 8 aromatic rings. The highest BCUT2D eigenvalue weighted by Gasteiger charge is 2.32. The van der Waals surface area contributed by atoms with E-state index in [1.165, 1.54) is 30.6 Å². The second-order valence-corrected chi connectivity index (χ2v) is 15.9. The number of alkyl halides is 6. The van der Waals surface area contributed by atoms with Gasteiger partial charge in [0.1, 0.15) is 40.4 Å². The Labute approximate surface area is 385 Å². The summed E-state index contributed by atoms with van der Waals surface area (Å²) in [5, 5.41) is 6.70. The van der Waals surface area contributed by atoms with Crippen molar-refractivity contribution in [2.24, 2.45) is 0 Å². The number of benzene rings is 4. The fourth-order valence-corrected chi connectivity index (χ4v) is 7.79. The number of aromatic nitrogens is 5. The van der Waals surface area contributed by atoms with Crippen LogP contribution in [-0.2, 0) is 19.1 Å². The molecule has 9 rings (SSSR count). The highest BCUT2D eigenvalue weighted by atomic mass is 35.5. The summed E-state index contributed by atoms with van der Waals surface area (Å²) < 4.78 is 86.3. The van der Waals surface area contributed by atoms with E-state index in [-0.39, 0.29) is 17.6 Å². The summed E-state index contributed by atoms with van der Waals surface area (Å²) in [4.78, 5) is 32.5. The van der Waals surface area contributed by atoms with E-state index >= 15 is 0 Å². The lowest BCUT2D eigenvalue weighted by Crippen LogP contribution is -2.32. The molecule has 0 bridgehead atoms. The third kappa shape index (κ3) is 11.7. The molecule has 11 nitrogen and oxygen atoms in total. The highest BCUT2D eigenvalue weighted by Crippen LogP contribution is 2.34.